The van der Waals surface area contributed by atoms with Crippen molar-refractivity contribution in [2.24, 2.45) is 0 Å². The average molecular weight is 441 g/mol. The summed E-state index contributed by atoms with van der Waals surface area (Å²) in [6.07, 6.45) is 3.31. The number of anilines is 1. The molecule has 0 unspecified atom stereocenters. The molecule has 0 aliphatic rings. The van der Waals surface area contributed by atoms with Gasteiger partial charge in [0.05, 0.1) is 29.4 Å². The summed E-state index contributed by atoms with van der Waals surface area (Å²) in [5, 5.41) is 9.82. The van der Waals surface area contributed by atoms with Crippen molar-refractivity contribution >= 4 is 28.5 Å². The van der Waals surface area contributed by atoms with E-state index in [-0.39, 0.29) is 5.78 Å². The summed E-state index contributed by atoms with van der Waals surface area (Å²) >= 11 is 1.41. The molecule has 158 valence electrons. The molecule has 6 nitrogen and oxygen atoms in total. The Bertz CT molecular complexity index is 1390. The maximum Gasteiger partial charge on any atom is 0.208 e. The summed E-state index contributed by atoms with van der Waals surface area (Å²) in [6.45, 7) is 0.639. The molecule has 0 bridgehead atoms. The second kappa shape index (κ2) is 8.64. The number of methoxy groups -OCH3 is 1. The fourth-order valence-electron chi connectivity index (χ4n) is 3.65. The van der Waals surface area contributed by atoms with E-state index < -0.39 is 0 Å². The Kier molecular flexibility index (Phi) is 5.39. The van der Waals surface area contributed by atoms with Crippen molar-refractivity contribution in [3.8, 4) is 17.0 Å². The van der Waals surface area contributed by atoms with Gasteiger partial charge in [0.2, 0.25) is 5.78 Å². The molecule has 0 aliphatic heterocycles. The minimum Gasteiger partial charge on any atom is -0.496 e. The molecule has 7 heteroatoms. The molecule has 3 heterocycles. The van der Waals surface area contributed by atoms with Crippen molar-refractivity contribution in [1.29, 1.82) is 0 Å². The third-order valence-corrected chi connectivity index (χ3v) is 6.09. The van der Waals surface area contributed by atoms with E-state index in [0.717, 1.165) is 28.3 Å². The molecule has 3 aromatic heterocycles. The van der Waals surface area contributed by atoms with Gasteiger partial charge in [-0.2, -0.15) is 5.10 Å². The van der Waals surface area contributed by atoms with Crippen molar-refractivity contribution in [3.05, 3.63) is 101 Å². The number of carbonyl (C=O) groups is 1. The Morgan fingerprint density at radius 3 is 2.84 bits per heavy atom. The molecular formula is C25H20N4O2S. The first-order valence-electron chi connectivity index (χ1n) is 10.1. The summed E-state index contributed by atoms with van der Waals surface area (Å²) in [5.41, 5.74) is 4.94. The molecule has 0 saturated carbocycles. The van der Waals surface area contributed by atoms with Crippen LogP contribution < -0.4 is 10.1 Å². The number of nitrogens with one attached hydrogen (secondary N) is 1. The first-order chi connectivity index (χ1) is 15.7. The van der Waals surface area contributed by atoms with Crippen molar-refractivity contribution in [2.75, 3.05) is 12.4 Å². The Hall–Kier alpha value is -3.97. The minimum absolute atomic E-state index is 0.0631. The number of para-hydroxylation sites is 1. The molecule has 1 N–H and O–H groups in total. The van der Waals surface area contributed by atoms with Crippen LogP contribution in [0.25, 0.3) is 16.9 Å². The number of thiophene rings is 1. The molecule has 0 fully saturated rings. The van der Waals surface area contributed by atoms with Gasteiger partial charge < -0.3 is 10.1 Å². The molecule has 0 radical (unpaired) electrons. The number of fused-ring (bicyclic) bond motifs is 1. The number of rotatable bonds is 7. The predicted octanol–water partition coefficient (Wildman–Crippen LogP) is 5.31. The number of nitrogens with zero attached hydrogens (tertiary/aromatic N) is 3. The lowest BCUT2D eigenvalue weighted by molar-refractivity contribution is 0.104. The Morgan fingerprint density at radius 2 is 2.00 bits per heavy atom. The van der Waals surface area contributed by atoms with Crippen molar-refractivity contribution < 1.29 is 9.53 Å². The van der Waals surface area contributed by atoms with Crippen LogP contribution in [0.1, 0.15) is 20.8 Å². The standard InChI is InChI=1S/C25H20N4O2S/c1-31-22-9-3-2-6-18(22)15-27-19-8-4-7-17(14-19)21-11-12-26-25-20(16-28-29(21)25)24(30)23-10-5-13-32-23/h2-14,16,27H,15H2,1H3. The number of ether oxygens (including phenoxy) is 1. The zero-order valence-corrected chi connectivity index (χ0v) is 18.2. The lowest BCUT2D eigenvalue weighted by atomic mass is 10.1. The second-order valence-corrected chi connectivity index (χ2v) is 8.12. The number of benzene rings is 2. The van der Waals surface area contributed by atoms with Gasteiger partial charge in [-0.25, -0.2) is 9.50 Å². The normalized spacial score (nSPS) is 10.9. The van der Waals surface area contributed by atoms with Crippen molar-refractivity contribution in [2.45, 2.75) is 6.54 Å². The molecule has 0 atom stereocenters. The third kappa shape index (κ3) is 3.74. The van der Waals surface area contributed by atoms with Crippen LogP contribution in [0.15, 0.2) is 84.5 Å². The van der Waals surface area contributed by atoms with Crippen LogP contribution in [0.4, 0.5) is 5.69 Å². The Morgan fingerprint density at radius 1 is 1.09 bits per heavy atom. The number of hydrogen-bond acceptors (Lipinski definition) is 6. The molecule has 32 heavy (non-hydrogen) atoms. The van der Waals surface area contributed by atoms with Crippen LogP contribution in [0, 0.1) is 0 Å². The highest BCUT2D eigenvalue weighted by Crippen LogP contribution is 2.26. The first-order valence-corrected chi connectivity index (χ1v) is 11.0. The monoisotopic (exact) mass is 440 g/mol. The topological polar surface area (TPSA) is 68.5 Å². The lowest BCUT2D eigenvalue weighted by Gasteiger charge is -2.12. The zero-order chi connectivity index (χ0) is 21.9. The van der Waals surface area contributed by atoms with Gasteiger partial charge in [-0.05, 0) is 35.7 Å². The van der Waals surface area contributed by atoms with E-state index in [9.17, 15) is 4.79 Å². The first kappa shape index (κ1) is 20.0. The average Bonchev–Trinajstić information content (AvgIpc) is 3.53. The molecular weight excluding hydrogens is 420 g/mol. The van der Waals surface area contributed by atoms with Gasteiger partial charge >= 0.3 is 0 Å². The zero-order valence-electron chi connectivity index (χ0n) is 17.4. The summed E-state index contributed by atoms with van der Waals surface area (Å²) in [6, 6.07) is 21.6. The highest BCUT2D eigenvalue weighted by atomic mass is 32.1. The van der Waals surface area contributed by atoms with E-state index in [2.05, 4.69) is 21.5 Å². The third-order valence-electron chi connectivity index (χ3n) is 5.22. The number of hydrogen-bond donors (Lipinski definition) is 1. The van der Waals surface area contributed by atoms with Gasteiger partial charge in [-0.1, -0.05) is 36.4 Å². The van der Waals surface area contributed by atoms with E-state index in [1.807, 2.05) is 66.0 Å². The largest absolute Gasteiger partial charge is 0.496 e. The number of aromatic nitrogens is 3. The maximum absolute atomic E-state index is 12.9. The van der Waals surface area contributed by atoms with Gasteiger partial charge in [0.15, 0.2) is 5.65 Å². The van der Waals surface area contributed by atoms with Gasteiger partial charge in [0, 0.05) is 29.6 Å². The van der Waals surface area contributed by atoms with Gasteiger partial charge in [0.25, 0.3) is 0 Å². The summed E-state index contributed by atoms with van der Waals surface area (Å²) in [7, 11) is 1.68. The molecule has 5 rings (SSSR count). The summed E-state index contributed by atoms with van der Waals surface area (Å²) in [5.74, 6) is 0.790. The van der Waals surface area contributed by atoms with Gasteiger partial charge in [-0.15, -0.1) is 11.3 Å². The molecule has 0 amide bonds. The fraction of sp³-hybridized carbons (Fsp3) is 0.0800. The van der Waals surface area contributed by atoms with E-state index in [1.165, 1.54) is 11.3 Å². The Labute approximate surface area is 189 Å². The second-order valence-electron chi connectivity index (χ2n) is 7.18. The van der Waals surface area contributed by atoms with Crippen molar-refractivity contribution in [1.82, 2.24) is 14.6 Å². The van der Waals surface area contributed by atoms with E-state index >= 15 is 0 Å². The number of ketones is 1. The van der Waals surface area contributed by atoms with Crippen LogP contribution >= 0.6 is 11.3 Å². The van der Waals surface area contributed by atoms with Crippen LogP contribution in [0.5, 0.6) is 5.75 Å². The molecule has 2 aromatic carbocycles. The highest BCUT2D eigenvalue weighted by Gasteiger charge is 2.18. The summed E-state index contributed by atoms with van der Waals surface area (Å²) in [4.78, 5) is 18.0. The molecule has 5 aromatic rings. The highest BCUT2D eigenvalue weighted by molar-refractivity contribution is 7.12. The predicted molar refractivity (Wildman–Crippen MR) is 126 cm³/mol. The maximum atomic E-state index is 12.9. The van der Waals surface area contributed by atoms with Crippen LogP contribution in [0.3, 0.4) is 0 Å². The molecule has 0 spiro atoms. The smallest absolute Gasteiger partial charge is 0.208 e. The van der Waals surface area contributed by atoms with Crippen LogP contribution in [-0.4, -0.2) is 27.5 Å². The fourth-order valence-corrected chi connectivity index (χ4v) is 4.32. The van der Waals surface area contributed by atoms with Gasteiger partial charge in [0.1, 0.15) is 5.75 Å². The Balaban J connectivity index is 1.45. The molecule has 0 saturated heterocycles. The SMILES string of the molecule is COc1ccccc1CNc1cccc(-c2ccnc3c(C(=O)c4cccs4)cnn23)c1. The van der Waals surface area contributed by atoms with Crippen molar-refractivity contribution in [3.63, 3.8) is 0 Å². The van der Waals surface area contributed by atoms with E-state index in [0.29, 0.717) is 22.6 Å². The van der Waals surface area contributed by atoms with E-state index in [1.54, 1.807) is 24.0 Å². The van der Waals surface area contributed by atoms with Crippen LogP contribution in [0.2, 0.25) is 0 Å². The number of carbonyl (C=O) groups excluding carboxylic acids is 1. The quantitative estimate of drug-likeness (QED) is 0.347. The summed E-state index contributed by atoms with van der Waals surface area (Å²) < 4.78 is 7.16. The molecule has 0 aliphatic carbocycles. The van der Waals surface area contributed by atoms with Crippen LogP contribution in [-0.2, 0) is 6.54 Å². The lowest BCUT2D eigenvalue weighted by Crippen LogP contribution is -2.03. The van der Waals surface area contributed by atoms with Gasteiger partial charge in [-0.3, -0.25) is 4.79 Å². The van der Waals surface area contributed by atoms with E-state index in [4.69, 9.17) is 4.74 Å². The minimum atomic E-state index is -0.0631.